The quantitative estimate of drug-likeness (QED) is 0.397. The van der Waals surface area contributed by atoms with Crippen LogP contribution in [0.1, 0.15) is 5.76 Å². The molecule has 0 saturated heterocycles. The van der Waals surface area contributed by atoms with Crippen LogP contribution < -0.4 is 10.2 Å². The van der Waals surface area contributed by atoms with E-state index in [9.17, 15) is 9.18 Å². The van der Waals surface area contributed by atoms with E-state index in [0.717, 1.165) is 5.69 Å². The lowest BCUT2D eigenvalue weighted by atomic mass is 10.2. The molecule has 4 aromatic rings. The second kappa shape index (κ2) is 9.69. The SMILES string of the molecule is CN(C)c1ccc(NC(=O)CSc2nnc(-c3ccccc3F)n2Cc2ccco2)cc1. The van der Waals surface area contributed by atoms with Gasteiger partial charge in [-0.2, -0.15) is 0 Å². The fourth-order valence-corrected chi connectivity index (χ4v) is 3.85. The summed E-state index contributed by atoms with van der Waals surface area (Å²) >= 11 is 1.23. The van der Waals surface area contributed by atoms with E-state index in [1.54, 1.807) is 35.1 Å². The molecule has 0 bridgehead atoms. The van der Waals surface area contributed by atoms with Gasteiger partial charge in [0.15, 0.2) is 11.0 Å². The van der Waals surface area contributed by atoms with Crippen LogP contribution >= 0.6 is 11.8 Å². The fourth-order valence-electron chi connectivity index (χ4n) is 3.11. The van der Waals surface area contributed by atoms with E-state index in [4.69, 9.17) is 4.42 Å². The lowest BCUT2D eigenvalue weighted by Gasteiger charge is -2.13. The van der Waals surface area contributed by atoms with Crippen LogP contribution in [-0.2, 0) is 11.3 Å². The summed E-state index contributed by atoms with van der Waals surface area (Å²) in [5.74, 6) is 0.614. The van der Waals surface area contributed by atoms with Crippen LogP contribution in [0.5, 0.6) is 0 Å². The number of carbonyl (C=O) groups excluding carboxylic acids is 1. The molecule has 164 valence electrons. The van der Waals surface area contributed by atoms with Gasteiger partial charge in [-0.05, 0) is 48.5 Å². The molecule has 2 aromatic heterocycles. The highest BCUT2D eigenvalue weighted by molar-refractivity contribution is 7.99. The van der Waals surface area contributed by atoms with Crippen LogP contribution in [0.4, 0.5) is 15.8 Å². The lowest BCUT2D eigenvalue weighted by Crippen LogP contribution is -2.15. The summed E-state index contributed by atoms with van der Waals surface area (Å²) in [4.78, 5) is 14.5. The Kier molecular flexibility index (Phi) is 6.55. The first-order valence-electron chi connectivity index (χ1n) is 9.92. The van der Waals surface area contributed by atoms with Crippen molar-refractivity contribution in [2.45, 2.75) is 11.7 Å². The Morgan fingerprint density at radius 3 is 2.56 bits per heavy atom. The van der Waals surface area contributed by atoms with Gasteiger partial charge in [0.1, 0.15) is 11.6 Å². The summed E-state index contributed by atoms with van der Waals surface area (Å²) in [6.07, 6.45) is 1.57. The summed E-state index contributed by atoms with van der Waals surface area (Å²) in [5.41, 5.74) is 2.10. The molecule has 0 atom stereocenters. The summed E-state index contributed by atoms with van der Waals surface area (Å²) in [5, 5.41) is 11.8. The molecule has 0 aliphatic heterocycles. The molecule has 7 nitrogen and oxygen atoms in total. The number of hydrogen-bond donors (Lipinski definition) is 1. The van der Waals surface area contributed by atoms with Crippen molar-refractivity contribution in [1.82, 2.24) is 14.8 Å². The van der Waals surface area contributed by atoms with E-state index in [-0.39, 0.29) is 11.7 Å². The summed E-state index contributed by atoms with van der Waals surface area (Å²) in [6.45, 7) is 0.319. The number of amides is 1. The Balaban J connectivity index is 1.50. The fraction of sp³-hybridized carbons (Fsp3) is 0.174. The number of nitrogens with zero attached hydrogens (tertiary/aromatic N) is 4. The van der Waals surface area contributed by atoms with E-state index >= 15 is 0 Å². The predicted octanol–water partition coefficient (Wildman–Crippen LogP) is 4.52. The number of aromatic nitrogens is 3. The molecule has 1 amide bonds. The zero-order chi connectivity index (χ0) is 22.5. The maximum Gasteiger partial charge on any atom is 0.234 e. The number of furan rings is 1. The first-order valence-corrected chi connectivity index (χ1v) is 10.9. The molecule has 0 aliphatic carbocycles. The number of halogens is 1. The molecular weight excluding hydrogens is 429 g/mol. The number of hydrogen-bond acceptors (Lipinski definition) is 6. The molecule has 0 fully saturated rings. The molecule has 4 rings (SSSR count). The van der Waals surface area contributed by atoms with E-state index in [1.807, 2.05) is 49.3 Å². The molecule has 2 heterocycles. The number of rotatable bonds is 8. The van der Waals surface area contributed by atoms with Gasteiger partial charge in [-0.3, -0.25) is 9.36 Å². The van der Waals surface area contributed by atoms with Crippen LogP contribution in [0.15, 0.2) is 76.5 Å². The maximum absolute atomic E-state index is 14.4. The number of nitrogens with one attached hydrogen (secondary N) is 1. The number of thioether (sulfide) groups is 1. The van der Waals surface area contributed by atoms with Crippen LogP contribution in [0, 0.1) is 5.82 Å². The van der Waals surface area contributed by atoms with Gasteiger partial charge in [0, 0.05) is 25.5 Å². The second-order valence-electron chi connectivity index (χ2n) is 7.23. The number of benzene rings is 2. The first-order chi connectivity index (χ1) is 15.5. The third-order valence-corrected chi connectivity index (χ3v) is 5.69. The van der Waals surface area contributed by atoms with Crippen molar-refractivity contribution in [3.63, 3.8) is 0 Å². The zero-order valence-electron chi connectivity index (χ0n) is 17.7. The van der Waals surface area contributed by atoms with Crippen molar-refractivity contribution < 1.29 is 13.6 Å². The summed E-state index contributed by atoms with van der Waals surface area (Å²) < 4.78 is 21.6. The van der Waals surface area contributed by atoms with E-state index in [0.29, 0.717) is 34.5 Å². The van der Waals surface area contributed by atoms with Crippen LogP contribution in [0.25, 0.3) is 11.4 Å². The minimum Gasteiger partial charge on any atom is -0.467 e. The van der Waals surface area contributed by atoms with Gasteiger partial charge >= 0.3 is 0 Å². The Morgan fingerprint density at radius 1 is 1.09 bits per heavy atom. The van der Waals surface area contributed by atoms with Crippen molar-refractivity contribution in [2.24, 2.45) is 0 Å². The largest absolute Gasteiger partial charge is 0.467 e. The van der Waals surface area contributed by atoms with Gasteiger partial charge in [0.25, 0.3) is 0 Å². The lowest BCUT2D eigenvalue weighted by molar-refractivity contribution is -0.113. The van der Waals surface area contributed by atoms with Crippen molar-refractivity contribution in [3.8, 4) is 11.4 Å². The van der Waals surface area contributed by atoms with E-state index in [1.165, 1.54) is 17.8 Å². The van der Waals surface area contributed by atoms with Crippen LogP contribution in [0.3, 0.4) is 0 Å². The highest BCUT2D eigenvalue weighted by atomic mass is 32.2. The summed E-state index contributed by atoms with van der Waals surface area (Å²) in [6, 6.07) is 17.6. The van der Waals surface area contributed by atoms with E-state index < -0.39 is 5.82 Å². The predicted molar refractivity (Wildman–Crippen MR) is 123 cm³/mol. The van der Waals surface area contributed by atoms with Gasteiger partial charge in [-0.1, -0.05) is 23.9 Å². The Morgan fingerprint density at radius 2 is 1.88 bits per heavy atom. The Bertz CT molecular complexity index is 1190. The van der Waals surface area contributed by atoms with Crippen molar-refractivity contribution in [3.05, 3.63) is 78.5 Å². The van der Waals surface area contributed by atoms with Gasteiger partial charge < -0.3 is 14.6 Å². The first kappa shape index (κ1) is 21.6. The minimum absolute atomic E-state index is 0.128. The maximum atomic E-state index is 14.4. The van der Waals surface area contributed by atoms with Crippen molar-refractivity contribution in [1.29, 1.82) is 0 Å². The van der Waals surface area contributed by atoms with Crippen molar-refractivity contribution in [2.75, 3.05) is 30.1 Å². The van der Waals surface area contributed by atoms with Gasteiger partial charge in [-0.25, -0.2) is 4.39 Å². The highest BCUT2D eigenvalue weighted by Gasteiger charge is 2.19. The molecule has 1 N–H and O–H groups in total. The third-order valence-electron chi connectivity index (χ3n) is 4.73. The number of carbonyl (C=O) groups is 1. The Labute approximate surface area is 189 Å². The highest BCUT2D eigenvalue weighted by Crippen LogP contribution is 2.27. The molecule has 9 heteroatoms. The van der Waals surface area contributed by atoms with Gasteiger partial charge in [0.05, 0.1) is 24.1 Å². The van der Waals surface area contributed by atoms with Crippen molar-refractivity contribution >= 4 is 29.0 Å². The normalized spacial score (nSPS) is 10.8. The van der Waals surface area contributed by atoms with Gasteiger partial charge in [0.2, 0.25) is 5.91 Å². The zero-order valence-corrected chi connectivity index (χ0v) is 18.5. The van der Waals surface area contributed by atoms with Gasteiger partial charge in [-0.15, -0.1) is 10.2 Å². The van der Waals surface area contributed by atoms with Crippen LogP contribution in [-0.4, -0.2) is 40.5 Å². The smallest absolute Gasteiger partial charge is 0.234 e. The summed E-state index contributed by atoms with van der Waals surface area (Å²) in [7, 11) is 3.91. The minimum atomic E-state index is -0.393. The molecule has 0 unspecified atom stereocenters. The molecule has 2 aromatic carbocycles. The molecule has 0 radical (unpaired) electrons. The van der Waals surface area contributed by atoms with Crippen LogP contribution in [0.2, 0.25) is 0 Å². The molecule has 0 aliphatic rings. The van der Waals surface area contributed by atoms with E-state index in [2.05, 4.69) is 15.5 Å². The topological polar surface area (TPSA) is 76.2 Å². The molecule has 0 spiro atoms. The third kappa shape index (κ3) is 5.00. The average Bonchev–Trinajstić information content (AvgIpc) is 3.44. The molecule has 32 heavy (non-hydrogen) atoms. The monoisotopic (exact) mass is 451 g/mol. The number of anilines is 2. The average molecular weight is 452 g/mol. The molecular formula is C23H22FN5O2S. The Hall–Kier alpha value is -3.59. The standard InChI is InChI=1S/C23H22FN5O2S/c1-28(2)17-11-9-16(10-12-17)25-21(30)15-32-23-27-26-22(19-7-3-4-8-20(19)24)29(23)14-18-6-5-13-31-18/h3-13H,14-15H2,1-2H3,(H,25,30). The second-order valence-corrected chi connectivity index (χ2v) is 8.17. The molecule has 0 saturated carbocycles.